The van der Waals surface area contributed by atoms with Crippen molar-refractivity contribution in [3.8, 4) is 0 Å². The average Bonchev–Trinajstić information content (AvgIpc) is 3.10. The van der Waals surface area contributed by atoms with Crippen molar-refractivity contribution in [1.29, 1.82) is 0 Å². The molecule has 5 unspecified atom stereocenters. The quantitative estimate of drug-likeness (QED) is 0.137. The van der Waals surface area contributed by atoms with Gasteiger partial charge in [0, 0.05) is 59.0 Å². The summed E-state index contributed by atoms with van der Waals surface area (Å²) in [7, 11) is 0. The minimum atomic E-state index is -1.37. The highest BCUT2D eigenvalue weighted by molar-refractivity contribution is 8.13. The second-order valence-corrected chi connectivity index (χ2v) is 14.7. The molecule has 1 aromatic carbocycles. The zero-order valence-electron chi connectivity index (χ0n) is 31.4. The molecule has 1 amide bonds. The van der Waals surface area contributed by atoms with E-state index in [-0.39, 0.29) is 30.5 Å². The maximum Gasteiger partial charge on any atom is 0.303 e. The Bertz CT molecular complexity index is 1450. The van der Waals surface area contributed by atoms with E-state index in [0.717, 1.165) is 25.3 Å². The predicted molar refractivity (Wildman–Crippen MR) is 189 cm³/mol. The smallest absolute Gasteiger partial charge is 0.303 e. The van der Waals surface area contributed by atoms with Gasteiger partial charge >= 0.3 is 17.9 Å². The second kappa shape index (κ2) is 21.0. The van der Waals surface area contributed by atoms with Crippen LogP contribution in [0.3, 0.4) is 0 Å². The number of amides is 1. The van der Waals surface area contributed by atoms with E-state index in [4.69, 9.17) is 42.6 Å². The molecule has 16 nitrogen and oxygen atoms in total. The second-order valence-electron chi connectivity index (χ2n) is 13.4. The number of fused-ring (bicyclic) bond motifs is 1. The van der Waals surface area contributed by atoms with Crippen LogP contribution in [-0.2, 0) is 71.4 Å². The van der Waals surface area contributed by atoms with Crippen LogP contribution in [0, 0.1) is 5.92 Å². The zero-order valence-corrected chi connectivity index (χ0v) is 32.2. The summed E-state index contributed by atoms with van der Waals surface area (Å²) in [6.07, 6.45) is -7.80. The van der Waals surface area contributed by atoms with Crippen LogP contribution >= 0.6 is 11.8 Å². The van der Waals surface area contributed by atoms with Crippen molar-refractivity contribution in [1.82, 2.24) is 5.32 Å². The summed E-state index contributed by atoms with van der Waals surface area (Å²) >= 11 is 1.26. The van der Waals surface area contributed by atoms with Crippen molar-refractivity contribution in [2.75, 3.05) is 25.6 Å². The number of nitrogens with one attached hydrogen (secondary N) is 1. The lowest BCUT2D eigenvalue weighted by Gasteiger charge is -2.52. The third-order valence-corrected chi connectivity index (χ3v) is 9.70. The van der Waals surface area contributed by atoms with E-state index in [1.807, 2.05) is 30.3 Å². The Kier molecular flexibility index (Phi) is 16.8. The number of hydrogen-bond acceptors (Lipinski definition) is 16. The average molecular weight is 782 g/mol. The first kappa shape index (κ1) is 43.3. The normalized spacial score (nSPS) is 30.7. The summed E-state index contributed by atoms with van der Waals surface area (Å²) in [4.78, 5) is 73.5. The lowest BCUT2D eigenvalue weighted by molar-refractivity contribution is -0.374. The molecule has 54 heavy (non-hydrogen) atoms. The molecule has 3 fully saturated rings. The van der Waals surface area contributed by atoms with Crippen molar-refractivity contribution in [2.45, 2.75) is 129 Å². The first-order chi connectivity index (χ1) is 25.7. The maximum atomic E-state index is 12.8. The summed E-state index contributed by atoms with van der Waals surface area (Å²) in [6.45, 7) is 7.61. The molecular weight excluding hydrogens is 730 g/mol. The molecule has 0 bridgehead atoms. The van der Waals surface area contributed by atoms with Gasteiger partial charge in [0.05, 0.1) is 12.5 Å². The zero-order chi connectivity index (χ0) is 39.4. The minimum Gasteiger partial charge on any atom is -0.463 e. The summed E-state index contributed by atoms with van der Waals surface area (Å²) in [5, 5.41) is 2.95. The molecular formula is C37H51NO15S. The molecule has 0 aliphatic carbocycles. The van der Waals surface area contributed by atoms with Gasteiger partial charge < -0.3 is 52.7 Å². The molecule has 3 heterocycles. The fourth-order valence-electron chi connectivity index (χ4n) is 6.65. The summed E-state index contributed by atoms with van der Waals surface area (Å²) in [5.41, 5.74) is 0.719. The van der Waals surface area contributed by atoms with E-state index in [1.54, 1.807) is 0 Å². The molecule has 4 rings (SSSR count). The van der Waals surface area contributed by atoms with Crippen LogP contribution in [-0.4, -0.2) is 116 Å². The SMILES string of the molecule is CC(=O)CC1[C@H](O[C@@H]2C(NC(C)=O)[C@@H](OCCCCCSC(C)=O)OC3COC(c4ccccc4)O[C@@H]32)OC(COC(C)=O)[C@H](OC(C)=O)[C@@H]1OC(C)=O. The Balaban J connectivity index is 1.71. The number of thioether (sulfide) groups is 1. The van der Waals surface area contributed by atoms with Gasteiger partial charge in [-0.2, -0.15) is 0 Å². The lowest BCUT2D eigenvalue weighted by atomic mass is 9.86. The number of esters is 3. The van der Waals surface area contributed by atoms with Gasteiger partial charge in [-0.05, 0) is 19.8 Å². The van der Waals surface area contributed by atoms with Crippen LogP contribution in [0.25, 0.3) is 0 Å². The van der Waals surface area contributed by atoms with Crippen molar-refractivity contribution in [3.63, 3.8) is 0 Å². The van der Waals surface area contributed by atoms with Crippen LogP contribution in [0.5, 0.6) is 0 Å². The van der Waals surface area contributed by atoms with Crippen molar-refractivity contribution < 1.29 is 71.4 Å². The van der Waals surface area contributed by atoms with Crippen LogP contribution in [0.2, 0.25) is 0 Å². The maximum absolute atomic E-state index is 12.8. The topological polar surface area (TPSA) is 198 Å². The van der Waals surface area contributed by atoms with E-state index in [9.17, 15) is 28.8 Å². The van der Waals surface area contributed by atoms with Gasteiger partial charge in [0.25, 0.3) is 0 Å². The molecule has 3 aliphatic heterocycles. The molecule has 3 saturated heterocycles. The number of ketones is 1. The Hall–Kier alpha value is -3.45. The Labute approximate surface area is 318 Å². The largest absolute Gasteiger partial charge is 0.463 e. The van der Waals surface area contributed by atoms with Crippen LogP contribution < -0.4 is 5.32 Å². The molecule has 0 saturated carbocycles. The van der Waals surface area contributed by atoms with E-state index in [0.29, 0.717) is 12.2 Å². The van der Waals surface area contributed by atoms with Gasteiger partial charge in [-0.1, -0.05) is 48.5 Å². The standard InChI is InChI=1S/C37H51NO15S/c1-20(39)17-27-31(48-23(4)42)32(49-24(5)43)28(18-46-22(3)41)50-36(27)53-34-30(38-21(2)40)37(45-15-11-8-12-16-54-25(6)44)51-29-19-47-35(52-33(29)34)26-13-9-7-10-14-26/h7,9-10,13-14,27-37H,8,11-12,15-19H2,1-6H3,(H,38,40)/t27?,28?,29?,30?,31-,32+,33+,34-,35?,36+,37+/m1/s1. The molecule has 1 aromatic rings. The highest BCUT2D eigenvalue weighted by Crippen LogP contribution is 2.40. The highest BCUT2D eigenvalue weighted by Gasteiger charge is 2.56. The number of benzene rings is 1. The van der Waals surface area contributed by atoms with Crippen LogP contribution in [0.4, 0.5) is 0 Å². The number of unbranched alkanes of at least 4 members (excludes halogenated alkanes) is 2. The Morgan fingerprint density at radius 2 is 1.50 bits per heavy atom. The predicted octanol–water partition coefficient (Wildman–Crippen LogP) is 2.93. The fraction of sp³-hybridized carbons (Fsp3) is 0.676. The first-order valence-electron chi connectivity index (χ1n) is 18.0. The van der Waals surface area contributed by atoms with E-state index in [1.165, 1.54) is 46.4 Å². The molecule has 1 N–H and O–H groups in total. The van der Waals surface area contributed by atoms with Crippen LogP contribution in [0.1, 0.15) is 79.1 Å². The molecule has 0 radical (unpaired) electrons. The van der Waals surface area contributed by atoms with Gasteiger partial charge in [-0.25, -0.2) is 0 Å². The van der Waals surface area contributed by atoms with Gasteiger partial charge in [0.1, 0.15) is 49.0 Å². The molecule has 0 aromatic heterocycles. The first-order valence-corrected chi connectivity index (χ1v) is 19.0. The van der Waals surface area contributed by atoms with E-state index in [2.05, 4.69) is 5.32 Å². The lowest BCUT2D eigenvalue weighted by Crippen LogP contribution is -2.69. The third-order valence-electron chi connectivity index (χ3n) is 8.80. The summed E-state index contributed by atoms with van der Waals surface area (Å²) in [5.74, 6) is -3.20. The van der Waals surface area contributed by atoms with E-state index < -0.39 is 97.9 Å². The number of carbonyl (C=O) groups is 6. The number of ether oxygens (including phenoxy) is 9. The van der Waals surface area contributed by atoms with Crippen LogP contribution in [0.15, 0.2) is 30.3 Å². The minimum absolute atomic E-state index is 0.0540. The fourth-order valence-corrected chi connectivity index (χ4v) is 7.28. The van der Waals surface area contributed by atoms with Crippen molar-refractivity contribution in [2.24, 2.45) is 5.92 Å². The summed E-state index contributed by atoms with van der Waals surface area (Å²) < 4.78 is 54.9. The highest BCUT2D eigenvalue weighted by atomic mass is 32.2. The Morgan fingerprint density at radius 3 is 2.13 bits per heavy atom. The number of rotatable bonds is 17. The molecule has 3 aliphatic rings. The van der Waals surface area contributed by atoms with E-state index >= 15 is 0 Å². The third kappa shape index (κ3) is 12.8. The van der Waals surface area contributed by atoms with Crippen molar-refractivity contribution in [3.05, 3.63) is 35.9 Å². The van der Waals surface area contributed by atoms with Gasteiger partial charge in [0.15, 0.2) is 30.1 Å². The number of carbonyl (C=O) groups excluding carboxylic acids is 6. The number of Topliss-reactive ketones (excluding diaryl/α,β-unsaturated/α-hetero) is 1. The molecule has 300 valence electrons. The van der Waals surface area contributed by atoms with Gasteiger partial charge in [-0.15, -0.1) is 0 Å². The Morgan fingerprint density at radius 1 is 0.796 bits per heavy atom. The number of hydrogen-bond donors (Lipinski definition) is 1. The summed E-state index contributed by atoms with van der Waals surface area (Å²) in [6, 6.07) is 8.19. The monoisotopic (exact) mass is 781 g/mol. The molecule has 11 atom stereocenters. The molecule has 0 spiro atoms. The van der Waals surface area contributed by atoms with Crippen molar-refractivity contribution >= 4 is 46.5 Å². The molecule has 17 heteroatoms. The van der Waals surface area contributed by atoms with Gasteiger partial charge in [-0.3, -0.25) is 24.0 Å². The van der Waals surface area contributed by atoms with Gasteiger partial charge in [0.2, 0.25) is 5.91 Å².